The van der Waals surface area contributed by atoms with E-state index in [-0.39, 0.29) is 11.9 Å². The molecule has 0 fully saturated rings. The monoisotopic (exact) mass is 298 g/mol. The maximum absolute atomic E-state index is 11.9. The molecule has 0 aliphatic carbocycles. The molecule has 5 nitrogen and oxygen atoms in total. The molecular formula is C14H19ClN2O3. The number of halogens is 1. The summed E-state index contributed by atoms with van der Waals surface area (Å²) in [5.74, 6) is -0.429. The number of amides is 1. The molecule has 0 atom stereocenters. The van der Waals surface area contributed by atoms with Crippen LogP contribution in [0.3, 0.4) is 0 Å². The number of nitrogens with zero attached hydrogens (tertiary/aromatic N) is 1. The van der Waals surface area contributed by atoms with E-state index < -0.39 is 0 Å². The van der Waals surface area contributed by atoms with E-state index in [2.05, 4.69) is 15.0 Å². The number of aromatic nitrogens is 1. The van der Waals surface area contributed by atoms with E-state index in [1.165, 1.54) is 13.3 Å². The Morgan fingerprint density at radius 2 is 2.10 bits per heavy atom. The fourth-order valence-electron chi connectivity index (χ4n) is 1.66. The third kappa shape index (κ3) is 5.57. The summed E-state index contributed by atoms with van der Waals surface area (Å²) in [5, 5.41) is 3.19. The molecule has 0 aliphatic rings. The van der Waals surface area contributed by atoms with Crippen molar-refractivity contribution in [2.45, 2.75) is 32.6 Å². The fraction of sp³-hybridized carbons (Fsp3) is 0.500. The molecular weight excluding hydrogens is 280 g/mol. The highest BCUT2D eigenvalue weighted by molar-refractivity contribution is 6.33. The van der Waals surface area contributed by atoms with Gasteiger partial charge in [-0.3, -0.25) is 14.6 Å². The standard InChI is InChI=1S/C14H19ClN2O3/c1-10-8-12(15)11(9-17-10)14(19)16-7-5-3-4-6-13(18)20-2/h8-9H,3-7H2,1-2H3,(H,16,19). The molecule has 1 N–H and O–H groups in total. The van der Waals surface area contributed by atoms with Crippen molar-refractivity contribution >= 4 is 23.5 Å². The lowest BCUT2D eigenvalue weighted by Gasteiger charge is -2.06. The van der Waals surface area contributed by atoms with Gasteiger partial charge in [0.15, 0.2) is 0 Å². The first kappa shape index (κ1) is 16.4. The van der Waals surface area contributed by atoms with Gasteiger partial charge in [0.25, 0.3) is 5.91 Å². The summed E-state index contributed by atoms with van der Waals surface area (Å²) >= 11 is 5.99. The Hall–Kier alpha value is -1.62. The number of ether oxygens (including phenoxy) is 1. The average molecular weight is 299 g/mol. The highest BCUT2D eigenvalue weighted by atomic mass is 35.5. The molecule has 0 unspecified atom stereocenters. The lowest BCUT2D eigenvalue weighted by atomic mass is 10.2. The van der Waals surface area contributed by atoms with Gasteiger partial charge in [0.05, 0.1) is 17.7 Å². The highest BCUT2D eigenvalue weighted by Crippen LogP contribution is 2.15. The normalized spacial score (nSPS) is 10.2. The van der Waals surface area contributed by atoms with Crippen LogP contribution in [0.25, 0.3) is 0 Å². The molecule has 1 rings (SSSR count). The molecule has 1 heterocycles. The van der Waals surface area contributed by atoms with Gasteiger partial charge in [-0.1, -0.05) is 18.0 Å². The molecule has 0 radical (unpaired) electrons. The van der Waals surface area contributed by atoms with Crippen molar-refractivity contribution < 1.29 is 14.3 Å². The molecule has 0 saturated carbocycles. The Balaban J connectivity index is 2.25. The largest absolute Gasteiger partial charge is 0.469 e. The van der Waals surface area contributed by atoms with Crippen LogP contribution in [0.5, 0.6) is 0 Å². The summed E-state index contributed by atoms with van der Waals surface area (Å²) < 4.78 is 4.55. The molecule has 1 aromatic heterocycles. The van der Waals surface area contributed by atoms with Gasteiger partial charge in [0.2, 0.25) is 0 Å². The lowest BCUT2D eigenvalue weighted by molar-refractivity contribution is -0.140. The van der Waals surface area contributed by atoms with E-state index in [9.17, 15) is 9.59 Å². The summed E-state index contributed by atoms with van der Waals surface area (Å²) in [6.45, 7) is 2.36. The predicted octanol–water partition coefficient (Wildman–Crippen LogP) is 2.51. The van der Waals surface area contributed by atoms with E-state index in [0.29, 0.717) is 23.6 Å². The van der Waals surface area contributed by atoms with Crippen molar-refractivity contribution in [1.29, 1.82) is 0 Å². The zero-order chi connectivity index (χ0) is 15.0. The third-order valence-electron chi connectivity index (χ3n) is 2.81. The Labute approximate surface area is 123 Å². The van der Waals surface area contributed by atoms with Crippen LogP contribution in [0, 0.1) is 6.92 Å². The van der Waals surface area contributed by atoms with Crippen LogP contribution < -0.4 is 5.32 Å². The van der Waals surface area contributed by atoms with Gasteiger partial charge in [-0.25, -0.2) is 0 Å². The molecule has 0 aliphatic heterocycles. The van der Waals surface area contributed by atoms with Gasteiger partial charge < -0.3 is 10.1 Å². The Morgan fingerprint density at radius 3 is 2.75 bits per heavy atom. The number of carbonyl (C=O) groups excluding carboxylic acids is 2. The molecule has 0 spiro atoms. The van der Waals surface area contributed by atoms with Crippen LogP contribution in [0.15, 0.2) is 12.3 Å². The maximum atomic E-state index is 11.9. The molecule has 1 amide bonds. The molecule has 6 heteroatoms. The SMILES string of the molecule is COC(=O)CCCCCNC(=O)c1cnc(C)cc1Cl. The highest BCUT2D eigenvalue weighted by Gasteiger charge is 2.10. The third-order valence-corrected chi connectivity index (χ3v) is 3.12. The number of rotatable bonds is 7. The maximum Gasteiger partial charge on any atom is 0.305 e. The Bertz CT molecular complexity index is 477. The van der Waals surface area contributed by atoms with Crippen LogP contribution in [0.4, 0.5) is 0 Å². The first-order chi connectivity index (χ1) is 9.54. The summed E-state index contributed by atoms with van der Waals surface area (Å²) in [5.41, 5.74) is 1.15. The first-order valence-electron chi connectivity index (χ1n) is 6.51. The minimum absolute atomic E-state index is 0.202. The molecule has 0 bridgehead atoms. The Morgan fingerprint density at radius 1 is 1.35 bits per heavy atom. The number of methoxy groups -OCH3 is 1. The van der Waals surface area contributed by atoms with Crippen molar-refractivity contribution in [3.8, 4) is 0 Å². The van der Waals surface area contributed by atoms with Crippen LogP contribution in [-0.2, 0) is 9.53 Å². The molecule has 0 saturated heterocycles. The van der Waals surface area contributed by atoms with E-state index in [1.807, 2.05) is 6.92 Å². The summed E-state index contributed by atoms with van der Waals surface area (Å²) in [7, 11) is 1.38. The summed E-state index contributed by atoms with van der Waals surface area (Å²) in [6.07, 6.45) is 4.31. The van der Waals surface area contributed by atoms with Crippen molar-refractivity contribution in [2.24, 2.45) is 0 Å². The number of aryl methyl sites for hydroxylation is 1. The van der Waals surface area contributed by atoms with Crippen molar-refractivity contribution in [2.75, 3.05) is 13.7 Å². The predicted molar refractivity (Wildman–Crippen MR) is 76.8 cm³/mol. The molecule has 20 heavy (non-hydrogen) atoms. The van der Waals surface area contributed by atoms with Gasteiger partial charge in [0, 0.05) is 24.9 Å². The van der Waals surface area contributed by atoms with Gasteiger partial charge in [-0.15, -0.1) is 0 Å². The number of pyridine rings is 1. The number of esters is 1. The van der Waals surface area contributed by atoms with Crippen molar-refractivity contribution in [3.63, 3.8) is 0 Å². The van der Waals surface area contributed by atoms with Gasteiger partial charge in [0.1, 0.15) is 0 Å². The van der Waals surface area contributed by atoms with Crippen LogP contribution in [0.1, 0.15) is 41.7 Å². The topological polar surface area (TPSA) is 68.3 Å². The van der Waals surface area contributed by atoms with Crippen LogP contribution in [-0.4, -0.2) is 30.5 Å². The molecule has 0 aromatic carbocycles. The van der Waals surface area contributed by atoms with E-state index in [4.69, 9.17) is 11.6 Å². The van der Waals surface area contributed by atoms with Gasteiger partial charge >= 0.3 is 5.97 Å². The lowest BCUT2D eigenvalue weighted by Crippen LogP contribution is -2.25. The minimum atomic E-state index is -0.226. The zero-order valence-corrected chi connectivity index (χ0v) is 12.5. The first-order valence-corrected chi connectivity index (χ1v) is 6.89. The van der Waals surface area contributed by atoms with E-state index >= 15 is 0 Å². The quantitative estimate of drug-likeness (QED) is 0.620. The van der Waals surface area contributed by atoms with Crippen LogP contribution in [0.2, 0.25) is 5.02 Å². The fourth-order valence-corrected chi connectivity index (χ4v) is 1.96. The summed E-state index contributed by atoms with van der Waals surface area (Å²) in [4.78, 5) is 26.8. The van der Waals surface area contributed by atoms with E-state index in [0.717, 1.165) is 25.0 Å². The number of carbonyl (C=O) groups is 2. The number of nitrogens with one attached hydrogen (secondary N) is 1. The van der Waals surface area contributed by atoms with Crippen molar-refractivity contribution in [1.82, 2.24) is 10.3 Å². The summed E-state index contributed by atoms with van der Waals surface area (Å²) in [6, 6.07) is 1.66. The minimum Gasteiger partial charge on any atom is -0.469 e. The number of hydrogen-bond donors (Lipinski definition) is 1. The Kier molecular flexibility index (Phi) is 7.01. The van der Waals surface area contributed by atoms with Gasteiger partial charge in [-0.05, 0) is 25.8 Å². The second kappa shape index (κ2) is 8.53. The molecule has 1 aromatic rings. The number of hydrogen-bond acceptors (Lipinski definition) is 4. The molecule has 110 valence electrons. The second-order valence-electron chi connectivity index (χ2n) is 4.45. The van der Waals surface area contributed by atoms with E-state index in [1.54, 1.807) is 6.07 Å². The van der Waals surface area contributed by atoms with Gasteiger partial charge in [-0.2, -0.15) is 0 Å². The number of unbranched alkanes of at least 4 members (excludes halogenated alkanes) is 2. The second-order valence-corrected chi connectivity index (χ2v) is 4.86. The smallest absolute Gasteiger partial charge is 0.305 e. The van der Waals surface area contributed by atoms with Crippen LogP contribution >= 0.6 is 11.6 Å². The average Bonchev–Trinajstić information content (AvgIpc) is 2.42. The van der Waals surface area contributed by atoms with Crippen molar-refractivity contribution in [3.05, 3.63) is 28.5 Å². The zero-order valence-electron chi connectivity index (χ0n) is 11.7.